The van der Waals surface area contributed by atoms with Crippen molar-refractivity contribution in [2.24, 2.45) is 50.7 Å². The van der Waals surface area contributed by atoms with Crippen LogP contribution in [0.15, 0.2) is 0 Å². The molecule has 10 N–H and O–H groups in total. The molecule has 7 rings (SSSR count). The van der Waals surface area contributed by atoms with Gasteiger partial charge in [0.2, 0.25) is 0 Å². The first-order valence-corrected chi connectivity index (χ1v) is 20.9. The summed E-state index contributed by atoms with van der Waals surface area (Å²) in [7, 11) is 0. The Bertz CT molecular complexity index is 1390. The van der Waals surface area contributed by atoms with Crippen LogP contribution in [0.2, 0.25) is 0 Å². The fourth-order valence-electron chi connectivity index (χ4n) is 14.2. The zero-order valence-electron chi connectivity index (χ0n) is 33.7. The first-order valence-electron chi connectivity index (χ1n) is 20.9. The largest absolute Gasteiger partial charge is 0.394 e. The van der Waals surface area contributed by atoms with E-state index in [0.717, 1.165) is 25.7 Å². The molecule has 2 aliphatic heterocycles. The lowest BCUT2D eigenvalue weighted by atomic mass is 9.41. The van der Waals surface area contributed by atoms with E-state index in [1.165, 1.54) is 0 Å². The van der Waals surface area contributed by atoms with Crippen LogP contribution >= 0.6 is 0 Å². The van der Waals surface area contributed by atoms with E-state index in [0.29, 0.717) is 32.1 Å². The first-order chi connectivity index (χ1) is 25.5. The normalized spacial score (nSPS) is 54.4. The molecule has 2 heterocycles. The Balaban J connectivity index is 1.22. The molecule has 14 nitrogen and oxygen atoms in total. The summed E-state index contributed by atoms with van der Waals surface area (Å²) in [6, 6.07) is 0. The summed E-state index contributed by atoms with van der Waals surface area (Å²) < 4.78 is 25.1. The summed E-state index contributed by atoms with van der Waals surface area (Å²) >= 11 is 0. The highest BCUT2D eigenvalue weighted by molar-refractivity contribution is 5.32. The van der Waals surface area contributed by atoms with Gasteiger partial charge in [-0.25, -0.2) is 0 Å². The van der Waals surface area contributed by atoms with Crippen molar-refractivity contribution >= 4 is 0 Å². The van der Waals surface area contributed by atoms with Gasteiger partial charge in [0, 0.05) is 0 Å². The van der Waals surface area contributed by atoms with Crippen LogP contribution in [0.4, 0.5) is 0 Å². The van der Waals surface area contributed by atoms with E-state index in [9.17, 15) is 51.1 Å². The zero-order valence-corrected chi connectivity index (χ0v) is 33.7. The maximum atomic E-state index is 12.0. The molecule has 0 radical (unpaired) electrons. The van der Waals surface area contributed by atoms with E-state index in [4.69, 9.17) is 18.9 Å². The van der Waals surface area contributed by atoms with Crippen LogP contribution in [0.3, 0.4) is 0 Å². The highest BCUT2D eigenvalue weighted by atomic mass is 16.7. The number of hydrogen-bond acceptors (Lipinski definition) is 14. The van der Waals surface area contributed by atoms with Crippen LogP contribution < -0.4 is 0 Å². The summed E-state index contributed by atoms with van der Waals surface area (Å²) in [6.45, 7) is 13.5. The SMILES string of the molecule is C[C@H](CC[C@@H](O)C(C)(C)O)[C@H]1[C@@H](O)C[C@]2(C)[C@H]3C[C@H](O[C@H]4O[C@@H](CO)[C@H](O)[C@@H](O)[C@H]4O)[C@H]4C(C)(C)[C@@H](O[C@H]5OC[C@H](O)[C@H](O)[C@@H]5O)CC[C@@]45C[C@@]35CC[C@]12C. The number of hydrogen-bond donors (Lipinski definition) is 10. The van der Waals surface area contributed by atoms with E-state index < -0.39 is 97.3 Å². The van der Waals surface area contributed by atoms with Gasteiger partial charge in [0.15, 0.2) is 12.6 Å². The van der Waals surface area contributed by atoms with Crippen molar-refractivity contribution in [1.29, 1.82) is 0 Å². The lowest BCUT2D eigenvalue weighted by molar-refractivity contribution is -0.338. The van der Waals surface area contributed by atoms with Crippen molar-refractivity contribution in [2.45, 2.75) is 192 Å². The lowest BCUT2D eigenvalue weighted by Gasteiger charge is -2.65. The second kappa shape index (κ2) is 14.3. The molecule has 7 aliphatic rings. The molecule has 5 saturated carbocycles. The fraction of sp³-hybridized carbons (Fsp3) is 1.00. The molecule has 0 aromatic carbocycles. The molecular weight excluding hydrogens is 716 g/mol. The van der Waals surface area contributed by atoms with Crippen LogP contribution in [-0.2, 0) is 18.9 Å². The van der Waals surface area contributed by atoms with Gasteiger partial charge in [0.05, 0.1) is 43.2 Å². The molecule has 2 spiro atoms. The van der Waals surface area contributed by atoms with Gasteiger partial charge < -0.3 is 70.0 Å². The molecule has 2 saturated heterocycles. The van der Waals surface area contributed by atoms with Gasteiger partial charge in [0.1, 0.15) is 42.7 Å². The Labute approximate surface area is 325 Å². The maximum absolute atomic E-state index is 12.0. The molecule has 0 bridgehead atoms. The van der Waals surface area contributed by atoms with Crippen molar-refractivity contribution in [3.8, 4) is 0 Å². The second-order valence-electron chi connectivity index (χ2n) is 20.7. The van der Waals surface area contributed by atoms with Crippen molar-refractivity contribution in [3.63, 3.8) is 0 Å². The summed E-state index contributed by atoms with van der Waals surface area (Å²) in [5, 5.41) is 107. The number of rotatable bonds is 10. The Kier molecular flexibility index (Phi) is 11.1. The van der Waals surface area contributed by atoms with Gasteiger partial charge in [0.25, 0.3) is 0 Å². The molecular formula is C41H70O14. The Morgan fingerprint density at radius 1 is 0.782 bits per heavy atom. The maximum Gasteiger partial charge on any atom is 0.186 e. The lowest BCUT2D eigenvalue weighted by Crippen LogP contribution is -2.65. The van der Waals surface area contributed by atoms with Gasteiger partial charge in [-0.2, -0.15) is 0 Å². The van der Waals surface area contributed by atoms with E-state index in [-0.39, 0.29) is 51.9 Å². The predicted molar refractivity (Wildman–Crippen MR) is 196 cm³/mol. The highest BCUT2D eigenvalue weighted by Crippen LogP contribution is 2.89. The van der Waals surface area contributed by atoms with Gasteiger partial charge in [-0.05, 0) is 122 Å². The molecule has 0 aromatic rings. The van der Waals surface area contributed by atoms with Crippen molar-refractivity contribution < 1.29 is 70.0 Å². The van der Waals surface area contributed by atoms with Gasteiger partial charge in [-0.1, -0.05) is 34.6 Å². The van der Waals surface area contributed by atoms with Crippen LogP contribution in [0.1, 0.15) is 106 Å². The van der Waals surface area contributed by atoms with Crippen molar-refractivity contribution in [1.82, 2.24) is 0 Å². The van der Waals surface area contributed by atoms with Crippen molar-refractivity contribution in [2.75, 3.05) is 13.2 Å². The average molecular weight is 787 g/mol. The summed E-state index contributed by atoms with van der Waals surface area (Å²) in [4.78, 5) is 0. The smallest absolute Gasteiger partial charge is 0.186 e. The third kappa shape index (κ3) is 6.33. The van der Waals surface area contributed by atoms with Gasteiger partial charge in [-0.3, -0.25) is 0 Å². The van der Waals surface area contributed by atoms with Gasteiger partial charge in [-0.15, -0.1) is 0 Å². The van der Waals surface area contributed by atoms with E-state index in [1.54, 1.807) is 13.8 Å². The van der Waals surface area contributed by atoms with Crippen LogP contribution in [0.25, 0.3) is 0 Å². The minimum absolute atomic E-state index is 0.0301. The minimum atomic E-state index is -1.60. The third-order valence-electron chi connectivity index (χ3n) is 17.3. The number of fused-ring (bicyclic) bond motifs is 2. The highest BCUT2D eigenvalue weighted by Gasteiger charge is 2.84. The molecule has 318 valence electrons. The summed E-state index contributed by atoms with van der Waals surface area (Å²) in [5.41, 5.74) is -2.64. The molecule has 55 heavy (non-hydrogen) atoms. The molecule has 0 aromatic heterocycles. The number of aliphatic hydroxyl groups is 10. The Morgan fingerprint density at radius 3 is 2.11 bits per heavy atom. The monoisotopic (exact) mass is 786 g/mol. The number of aliphatic hydroxyl groups excluding tert-OH is 9. The molecule has 0 amide bonds. The van der Waals surface area contributed by atoms with Crippen LogP contribution in [-0.4, -0.2) is 150 Å². The fourth-order valence-corrected chi connectivity index (χ4v) is 14.2. The standard InChI is InChI=1S/C41H70O14/c1-19(8-9-25(45)37(4,5)51)27-20(43)15-39(7)24-14-22(53-35-32(50)30(48)29(47)23(16-42)54-35)33-36(2,3)26(55-34-31(49)28(46)21(44)17-52-34)10-11-41(33)18-40(24,41)13-12-38(27,39)6/h19-35,42-51H,8-18H2,1-7H3/t19-,20+,21+,22+,23+,24-,25-,26+,27+,28+,29+,30-,31+,32-,33+,34-,35+,38-,39-,40+,41-/m1/s1. The molecule has 0 unspecified atom stereocenters. The van der Waals surface area contributed by atoms with E-state index >= 15 is 0 Å². The van der Waals surface area contributed by atoms with Gasteiger partial charge >= 0.3 is 0 Å². The minimum Gasteiger partial charge on any atom is -0.394 e. The van der Waals surface area contributed by atoms with Crippen LogP contribution in [0.5, 0.6) is 0 Å². The topological polar surface area (TPSA) is 239 Å². The Hall–Kier alpha value is -0.560. The third-order valence-corrected chi connectivity index (χ3v) is 17.3. The van der Waals surface area contributed by atoms with E-state index in [2.05, 4.69) is 34.6 Å². The average Bonchev–Trinajstić information content (AvgIpc) is 3.71. The first kappa shape index (κ1) is 42.6. The Morgan fingerprint density at radius 2 is 1.45 bits per heavy atom. The molecule has 7 fully saturated rings. The van der Waals surface area contributed by atoms with Crippen molar-refractivity contribution in [3.05, 3.63) is 0 Å². The molecule has 14 heteroatoms. The predicted octanol–water partition coefficient (Wildman–Crippen LogP) is 0.564. The molecule has 5 aliphatic carbocycles. The quantitative estimate of drug-likeness (QED) is 0.136. The summed E-state index contributed by atoms with van der Waals surface area (Å²) in [5.74, 6) is 0.0163. The molecule has 21 atom stereocenters. The van der Waals surface area contributed by atoms with E-state index in [1.807, 2.05) is 0 Å². The zero-order chi connectivity index (χ0) is 40.4. The van der Waals surface area contributed by atoms with Crippen LogP contribution in [0, 0.1) is 50.7 Å². The number of ether oxygens (including phenoxy) is 4. The summed E-state index contributed by atoms with van der Waals surface area (Å²) in [6.07, 6.45) is -8.32. The second-order valence-corrected chi connectivity index (χ2v) is 20.7.